The van der Waals surface area contributed by atoms with Crippen molar-refractivity contribution in [2.24, 2.45) is 5.92 Å². The number of rotatable bonds is 5. The Kier molecular flexibility index (Phi) is 5.33. The van der Waals surface area contributed by atoms with Crippen LogP contribution in [-0.4, -0.2) is 57.8 Å². The van der Waals surface area contributed by atoms with E-state index < -0.39 is 12.0 Å². The van der Waals surface area contributed by atoms with Crippen LogP contribution >= 0.6 is 11.8 Å². The fourth-order valence-corrected chi connectivity index (χ4v) is 4.17. The van der Waals surface area contributed by atoms with Crippen molar-refractivity contribution in [3.8, 4) is 0 Å². The van der Waals surface area contributed by atoms with Crippen molar-refractivity contribution in [2.45, 2.75) is 44.2 Å². The van der Waals surface area contributed by atoms with Crippen molar-refractivity contribution < 1.29 is 15.0 Å². The Bertz CT molecular complexity index is 281. The van der Waals surface area contributed by atoms with E-state index in [0.717, 1.165) is 18.7 Å². The van der Waals surface area contributed by atoms with Gasteiger partial charge in [-0.2, -0.15) is 11.8 Å². The lowest BCUT2D eigenvalue weighted by Gasteiger charge is -2.34. The van der Waals surface area contributed by atoms with E-state index in [9.17, 15) is 9.90 Å². The molecule has 2 fully saturated rings. The van der Waals surface area contributed by atoms with Crippen molar-refractivity contribution in [1.82, 2.24) is 4.90 Å². The molecule has 0 aromatic heterocycles. The number of carboxylic acid groups (broad SMARTS) is 1. The maximum absolute atomic E-state index is 11.2. The van der Waals surface area contributed by atoms with Crippen LogP contribution in [0.3, 0.4) is 0 Å². The molecule has 2 atom stereocenters. The van der Waals surface area contributed by atoms with Crippen LogP contribution in [0.4, 0.5) is 0 Å². The van der Waals surface area contributed by atoms with Gasteiger partial charge in [-0.15, -0.1) is 0 Å². The van der Waals surface area contributed by atoms with E-state index in [2.05, 4.69) is 0 Å². The minimum atomic E-state index is -0.754. The smallest absolute Gasteiger partial charge is 0.321 e. The molecule has 4 nitrogen and oxygen atoms in total. The lowest BCUT2D eigenvalue weighted by atomic mass is 9.99. The largest absolute Gasteiger partial charge is 0.480 e. The summed E-state index contributed by atoms with van der Waals surface area (Å²) in [6.45, 7) is 1.30. The van der Waals surface area contributed by atoms with Gasteiger partial charge in [0.15, 0.2) is 0 Å². The molecule has 2 N–H and O–H groups in total. The first kappa shape index (κ1) is 14.2. The van der Waals surface area contributed by atoms with Crippen LogP contribution in [-0.2, 0) is 4.79 Å². The quantitative estimate of drug-likeness (QED) is 0.793. The Morgan fingerprint density at radius 1 is 1.39 bits per heavy atom. The van der Waals surface area contributed by atoms with Crippen molar-refractivity contribution in [2.75, 3.05) is 24.6 Å². The Labute approximate surface area is 113 Å². The van der Waals surface area contributed by atoms with Crippen molar-refractivity contribution in [3.63, 3.8) is 0 Å². The molecular formula is C13H23NO3S. The molecule has 0 spiro atoms. The van der Waals surface area contributed by atoms with E-state index in [0.29, 0.717) is 18.2 Å². The SMILES string of the molecule is O=C(O)C1CSCCN1CC(O)CC1CCCC1. The Hall–Kier alpha value is -0.260. The first-order chi connectivity index (χ1) is 8.66. The van der Waals surface area contributed by atoms with E-state index in [1.165, 1.54) is 25.7 Å². The number of hydrogen-bond acceptors (Lipinski definition) is 4. The van der Waals surface area contributed by atoms with Gasteiger partial charge in [0.25, 0.3) is 0 Å². The summed E-state index contributed by atoms with van der Waals surface area (Å²) in [5, 5.41) is 19.3. The van der Waals surface area contributed by atoms with Crippen LogP contribution in [0.25, 0.3) is 0 Å². The second-order valence-corrected chi connectivity index (χ2v) is 6.61. The molecule has 0 aromatic rings. The van der Waals surface area contributed by atoms with E-state index in [1.807, 2.05) is 4.90 Å². The highest BCUT2D eigenvalue weighted by Gasteiger charge is 2.30. The van der Waals surface area contributed by atoms with Crippen LogP contribution in [0.1, 0.15) is 32.1 Å². The second-order valence-electron chi connectivity index (χ2n) is 5.46. The number of aliphatic hydroxyl groups is 1. The van der Waals surface area contributed by atoms with Gasteiger partial charge in [0.05, 0.1) is 6.10 Å². The molecule has 2 aliphatic rings. The molecule has 1 aliphatic carbocycles. The molecule has 104 valence electrons. The van der Waals surface area contributed by atoms with Crippen LogP contribution in [0.5, 0.6) is 0 Å². The lowest BCUT2D eigenvalue weighted by Crippen LogP contribution is -2.50. The Balaban J connectivity index is 1.80. The molecule has 2 unspecified atom stereocenters. The summed E-state index contributed by atoms with van der Waals surface area (Å²) in [7, 11) is 0. The van der Waals surface area contributed by atoms with E-state index >= 15 is 0 Å². The van der Waals surface area contributed by atoms with Gasteiger partial charge in [0, 0.05) is 24.6 Å². The summed E-state index contributed by atoms with van der Waals surface area (Å²) in [6, 6.07) is -0.415. The second kappa shape index (κ2) is 6.78. The van der Waals surface area contributed by atoms with Crippen molar-refractivity contribution >= 4 is 17.7 Å². The number of thioether (sulfide) groups is 1. The number of carbonyl (C=O) groups is 1. The molecule has 0 radical (unpaired) electrons. The highest BCUT2D eigenvalue weighted by molar-refractivity contribution is 7.99. The molecular weight excluding hydrogens is 250 g/mol. The number of β-amino-alcohol motifs (C(OH)–C–C–N with tert-alkyl or cyclic N) is 1. The lowest BCUT2D eigenvalue weighted by molar-refractivity contribution is -0.142. The average Bonchev–Trinajstić information content (AvgIpc) is 2.82. The van der Waals surface area contributed by atoms with Gasteiger partial charge in [-0.05, 0) is 12.3 Å². The summed E-state index contributed by atoms with van der Waals surface area (Å²) in [5.41, 5.74) is 0. The highest BCUT2D eigenvalue weighted by atomic mass is 32.2. The fraction of sp³-hybridized carbons (Fsp3) is 0.923. The predicted octanol–water partition coefficient (Wildman–Crippen LogP) is 1.43. The summed E-state index contributed by atoms with van der Waals surface area (Å²) in [5.74, 6) is 1.52. The molecule has 1 aliphatic heterocycles. The van der Waals surface area contributed by atoms with Gasteiger partial charge < -0.3 is 10.2 Å². The van der Waals surface area contributed by atoms with Crippen LogP contribution in [0, 0.1) is 5.92 Å². The first-order valence-corrected chi connectivity index (χ1v) is 8.05. The van der Waals surface area contributed by atoms with Gasteiger partial charge in [-0.1, -0.05) is 25.7 Å². The third-order valence-corrected chi connectivity index (χ3v) is 5.07. The first-order valence-electron chi connectivity index (χ1n) is 6.89. The third kappa shape index (κ3) is 3.87. The van der Waals surface area contributed by atoms with E-state index in [1.54, 1.807) is 11.8 Å². The molecule has 0 aromatic carbocycles. The summed E-state index contributed by atoms with van der Waals surface area (Å²) in [4.78, 5) is 13.1. The predicted molar refractivity (Wildman–Crippen MR) is 72.9 cm³/mol. The number of aliphatic hydroxyl groups excluding tert-OH is 1. The average molecular weight is 273 g/mol. The number of hydrogen-bond donors (Lipinski definition) is 2. The molecule has 0 bridgehead atoms. The van der Waals surface area contributed by atoms with Crippen LogP contribution in [0.15, 0.2) is 0 Å². The zero-order valence-corrected chi connectivity index (χ0v) is 11.6. The van der Waals surface area contributed by atoms with Gasteiger partial charge in [-0.25, -0.2) is 0 Å². The summed E-state index contributed by atoms with van der Waals surface area (Å²) < 4.78 is 0. The number of nitrogens with zero attached hydrogens (tertiary/aromatic N) is 1. The fourth-order valence-electron chi connectivity index (χ4n) is 3.06. The van der Waals surface area contributed by atoms with Gasteiger partial charge in [0.1, 0.15) is 6.04 Å². The van der Waals surface area contributed by atoms with Gasteiger partial charge in [-0.3, -0.25) is 9.69 Å². The highest BCUT2D eigenvalue weighted by Crippen LogP contribution is 2.29. The van der Waals surface area contributed by atoms with Crippen molar-refractivity contribution in [3.05, 3.63) is 0 Å². The number of aliphatic carboxylic acids is 1. The zero-order chi connectivity index (χ0) is 13.0. The Morgan fingerprint density at radius 2 is 2.11 bits per heavy atom. The topological polar surface area (TPSA) is 60.8 Å². The van der Waals surface area contributed by atoms with E-state index in [-0.39, 0.29) is 6.10 Å². The summed E-state index contributed by atoms with van der Waals surface area (Å²) >= 11 is 1.69. The van der Waals surface area contributed by atoms with Crippen LogP contribution in [0.2, 0.25) is 0 Å². The molecule has 2 rings (SSSR count). The van der Waals surface area contributed by atoms with Gasteiger partial charge in [0.2, 0.25) is 0 Å². The van der Waals surface area contributed by atoms with Crippen molar-refractivity contribution in [1.29, 1.82) is 0 Å². The monoisotopic (exact) mass is 273 g/mol. The third-order valence-electron chi connectivity index (χ3n) is 4.05. The molecule has 1 heterocycles. The zero-order valence-electron chi connectivity index (χ0n) is 10.8. The minimum absolute atomic E-state index is 0.363. The standard InChI is InChI=1S/C13H23NO3S/c15-11(7-10-3-1-2-4-10)8-14-5-6-18-9-12(14)13(16)17/h10-12,15H,1-9H2,(H,16,17). The maximum Gasteiger partial charge on any atom is 0.321 e. The molecule has 0 amide bonds. The Morgan fingerprint density at radius 3 is 2.78 bits per heavy atom. The molecule has 5 heteroatoms. The minimum Gasteiger partial charge on any atom is -0.480 e. The van der Waals surface area contributed by atoms with Gasteiger partial charge >= 0.3 is 5.97 Å². The van der Waals surface area contributed by atoms with E-state index in [4.69, 9.17) is 5.11 Å². The number of carboxylic acids is 1. The molecule has 18 heavy (non-hydrogen) atoms. The summed E-state index contributed by atoms with van der Waals surface area (Å²) in [6.07, 6.45) is 5.52. The normalized spacial score (nSPS) is 28.4. The molecule has 1 saturated heterocycles. The molecule has 1 saturated carbocycles. The van der Waals surface area contributed by atoms with Crippen LogP contribution < -0.4 is 0 Å². The maximum atomic E-state index is 11.2.